The Labute approximate surface area is 171 Å². The van der Waals surface area contributed by atoms with Gasteiger partial charge in [0, 0.05) is 24.2 Å². The molecule has 0 saturated heterocycles. The molecule has 0 amide bonds. The van der Waals surface area contributed by atoms with Crippen LogP contribution in [0.5, 0.6) is 17.5 Å². The zero-order valence-electron chi connectivity index (χ0n) is 17.4. The maximum Gasteiger partial charge on any atom is 0.318 e. The van der Waals surface area contributed by atoms with Crippen molar-refractivity contribution < 1.29 is 14.2 Å². The summed E-state index contributed by atoms with van der Waals surface area (Å²) in [7, 11) is 3.19. The Morgan fingerprint density at radius 2 is 1.93 bits per heavy atom. The molecule has 29 heavy (non-hydrogen) atoms. The number of hydrogen-bond acceptors (Lipinski definition) is 8. The van der Waals surface area contributed by atoms with Gasteiger partial charge in [-0.2, -0.15) is 15.2 Å². The molecule has 8 nitrogen and oxygen atoms in total. The van der Waals surface area contributed by atoms with E-state index in [1.54, 1.807) is 14.2 Å². The number of likely N-dealkylation sites (N-methyl/N-ethyl adjacent to an activating group) is 1. The zero-order valence-corrected chi connectivity index (χ0v) is 17.4. The Morgan fingerprint density at radius 1 is 1.17 bits per heavy atom. The molecule has 0 fully saturated rings. The van der Waals surface area contributed by atoms with Crippen LogP contribution in [-0.4, -0.2) is 61.9 Å². The van der Waals surface area contributed by atoms with Crippen molar-refractivity contribution in [2.75, 3.05) is 52.3 Å². The molecule has 1 aliphatic rings. The highest BCUT2D eigenvalue weighted by Crippen LogP contribution is 2.40. The highest BCUT2D eigenvalue weighted by atomic mass is 16.5. The molecule has 154 valence electrons. The molecular weight excluding hydrogens is 370 g/mol. The van der Waals surface area contributed by atoms with Crippen molar-refractivity contribution >= 4 is 5.82 Å². The second-order valence-electron chi connectivity index (χ2n) is 6.62. The van der Waals surface area contributed by atoms with Gasteiger partial charge in [0.2, 0.25) is 0 Å². The van der Waals surface area contributed by atoms with E-state index >= 15 is 0 Å². The Balaban J connectivity index is 1.97. The predicted molar refractivity (Wildman–Crippen MR) is 111 cm³/mol. The number of anilines is 1. The summed E-state index contributed by atoms with van der Waals surface area (Å²) in [5.41, 5.74) is 2.28. The zero-order chi connectivity index (χ0) is 20.8. The average Bonchev–Trinajstić information content (AvgIpc) is 3.18. The topological polar surface area (TPSA) is 92.5 Å². The standard InChI is InChI=1S/C21H27N5O3/c1-5-26(6-2)9-10-29-21-24-19(18-15(12-22)13-23-20(18)25-21)14-7-8-16(27-3)17(11-14)28-4/h7-8,11,15H,5-6,9-10,13H2,1-4H3,(H,23,24,25). The van der Waals surface area contributed by atoms with E-state index in [-0.39, 0.29) is 5.92 Å². The number of methoxy groups -OCH3 is 2. The molecule has 1 aliphatic heterocycles. The van der Waals surface area contributed by atoms with Crippen LogP contribution in [0, 0.1) is 11.3 Å². The van der Waals surface area contributed by atoms with E-state index in [1.807, 2.05) is 18.2 Å². The van der Waals surface area contributed by atoms with E-state index in [0.29, 0.717) is 42.2 Å². The van der Waals surface area contributed by atoms with Crippen LogP contribution in [0.2, 0.25) is 0 Å². The molecule has 1 aromatic heterocycles. The minimum Gasteiger partial charge on any atom is -0.493 e. The van der Waals surface area contributed by atoms with Gasteiger partial charge in [-0.25, -0.2) is 0 Å². The van der Waals surface area contributed by atoms with E-state index < -0.39 is 0 Å². The molecular formula is C21H27N5O3. The molecule has 3 rings (SSSR count). The van der Waals surface area contributed by atoms with Gasteiger partial charge in [0.15, 0.2) is 11.5 Å². The van der Waals surface area contributed by atoms with Gasteiger partial charge in [-0.15, -0.1) is 0 Å². The van der Waals surface area contributed by atoms with Gasteiger partial charge < -0.3 is 24.4 Å². The number of benzene rings is 1. The quantitative estimate of drug-likeness (QED) is 0.690. The summed E-state index contributed by atoms with van der Waals surface area (Å²) < 4.78 is 16.6. The number of nitriles is 1. The molecule has 8 heteroatoms. The van der Waals surface area contributed by atoms with Crippen molar-refractivity contribution in [1.29, 1.82) is 5.26 Å². The lowest BCUT2D eigenvalue weighted by Gasteiger charge is -2.18. The van der Waals surface area contributed by atoms with Crippen molar-refractivity contribution in [2.45, 2.75) is 19.8 Å². The molecule has 1 aromatic carbocycles. The number of aromatic nitrogens is 2. The minimum absolute atomic E-state index is 0.298. The number of nitrogens with one attached hydrogen (secondary N) is 1. The van der Waals surface area contributed by atoms with Crippen LogP contribution in [0.1, 0.15) is 25.3 Å². The van der Waals surface area contributed by atoms with E-state index in [2.05, 4.69) is 40.1 Å². The number of hydrogen-bond donors (Lipinski definition) is 1. The SMILES string of the molecule is CCN(CC)CCOc1nc2c(c(-c3ccc(OC)c(OC)c3)n1)C(C#N)CN2. The summed E-state index contributed by atoms with van der Waals surface area (Å²) in [5, 5.41) is 12.8. The molecule has 0 bridgehead atoms. The summed E-state index contributed by atoms with van der Waals surface area (Å²) in [5.74, 6) is 1.56. The highest BCUT2D eigenvalue weighted by Gasteiger charge is 2.30. The Bertz CT molecular complexity index is 893. The second kappa shape index (κ2) is 9.43. The van der Waals surface area contributed by atoms with Gasteiger partial charge in [-0.05, 0) is 31.3 Å². The molecule has 2 heterocycles. The molecule has 1 N–H and O–H groups in total. The normalized spacial score (nSPS) is 14.8. The molecule has 0 spiro atoms. The van der Waals surface area contributed by atoms with E-state index in [0.717, 1.165) is 30.8 Å². The van der Waals surface area contributed by atoms with Gasteiger partial charge in [-0.3, -0.25) is 0 Å². The van der Waals surface area contributed by atoms with E-state index in [4.69, 9.17) is 14.2 Å². The van der Waals surface area contributed by atoms with Gasteiger partial charge >= 0.3 is 6.01 Å². The Kier molecular flexibility index (Phi) is 6.73. The maximum atomic E-state index is 9.57. The lowest BCUT2D eigenvalue weighted by molar-refractivity contribution is 0.212. The van der Waals surface area contributed by atoms with Gasteiger partial charge in [-0.1, -0.05) is 13.8 Å². The summed E-state index contributed by atoms with van der Waals surface area (Å²) in [6, 6.07) is 8.21. The van der Waals surface area contributed by atoms with Crippen LogP contribution in [0.3, 0.4) is 0 Å². The Hall–Kier alpha value is -3.05. The summed E-state index contributed by atoms with van der Waals surface area (Å²) in [6.45, 7) is 7.97. The number of nitrogens with zero attached hydrogens (tertiary/aromatic N) is 4. The first-order valence-electron chi connectivity index (χ1n) is 9.78. The van der Waals surface area contributed by atoms with Crippen molar-refractivity contribution in [2.24, 2.45) is 0 Å². The van der Waals surface area contributed by atoms with Crippen molar-refractivity contribution in [3.8, 4) is 34.8 Å². The molecule has 0 radical (unpaired) electrons. The lowest BCUT2D eigenvalue weighted by Crippen LogP contribution is -2.28. The average molecular weight is 397 g/mol. The van der Waals surface area contributed by atoms with Gasteiger partial charge in [0.1, 0.15) is 12.4 Å². The monoisotopic (exact) mass is 397 g/mol. The van der Waals surface area contributed by atoms with Crippen molar-refractivity contribution in [3.63, 3.8) is 0 Å². The summed E-state index contributed by atoms with van der Waals surface area (Å²) in [6.07, 6.45) is 0. The number of rotatable bonds is 9. The summed E-state index contributed by atoms with van der Waals surface area (Å²) >= 11 is 0. The minimum atomic E-state index is -0.321. The van der Waals surface area contributed by atoms with Crippen LogP contribution in [0.25, 0.3) is 11.3 Å². The highest BCUT2D eigenvalue weighted by molar-refractivity contribution is 5.75. The van der Waals surface area contributed by atoms with Crippen molar-refractivity contribution in [3.05, 3.63) is 23.8 Å². The van der Waals surface area contributed by atoms with Gasteiger partial charge in [0.25, 0.3) is 0 Å². The molecule has 0 aliphatic carbocycles. The predicted octanol–water partition coefficient (Wildman–Crippen LogP) is 2.91. The first-order valence-corrected chi connectivity index (χ1v) is 9.78. The third-order valence-corrected chi connectivity index (χ3v) is 5.09. The van der Waals surface area contributed by atoms with Crippen LogP contribution < -0.4 is 19.5 Å². The largest absolute Gasteiger partial charge is 0.493 e. The Morgan fingerprint density at radius 3 is 2.59 bits per heavy atom. The van der Waals surface area contributed by atoms with E-state index in [1.165, 1.54) is 0 Å². The van der Waals surface area contributed by atoms with Crippen LogP contribution in [0.4, 0.5) is 5.82 Å². The fraction of sp³-hybridized carbons (Fsp3) is 0.476. The summed E-state index contributed by atoms with van der Waals surface area (Å²) in [4.78, 5) is 11.4. The van der Waals surface area contributed by atoms with Crippen LogP contribution >= 0.6 is 0 Å². The third-order valence-electron chi connectivity index (χ3n) is 5.09. The smallest absolute Gasteiger partial charge is 0.318 e. The molecule has 1 atom stereocenters. The van der Waals surface area contributed by atoms with Crippen LogP contribution in [0.15, 0.2) is 18.2 Å². The fourth-order valence-electron chi connectivity index (χ4n) is 3.40. The maximum absolute atomic E-state index is 9.57. The lowest BCUT2D eigenvalue weighted by atomic mass is 9.98. The number of ether oxygens (including phenoxy) is 3. The van der Waals surface area contributed by atoms with Gasteiger partial charge in [0.05, 0.1) is 31.9 Å². The molecule has 2 aromatic rings. The second-order valence-corrected chi connectivity index (χ2v) is 6.62. The van der Waals surface area contributed by atoms with E-state index in [9.17, 15) is 5.26 Å². The van der Waals surface area contributed by atoms with Crippen LogP contribution in [-0.2, 0) is 0 Å². The molecule has 0 saturated carbocycles. The number of fused-ring (bicyclic) bond motifs is 1. The van der Waals surface area contributed by atoms with Crippen molar-refractivity contribution in [1.82, 2.24) is 14.9 Å². The first-order chi connectivity index (χ1) is 14.1. The fourth-order valence-corrected chi connectivity index (χ4v) is 3.40. The molecule has 1 unspecified atom stereocenters. The first kappa shape index (κ1) is 20.7. The third kappa shape index (κ3) is 4.35.